The Morgan fingerprint density at radius 1 is 1.35 bits per heavy atom. The Morgan fingerprint density at radius 3 is 2.29 bits per heavy atom. The first-order valence-electron chi connectivity index (χ1n) is 4.41. The fourth-order valence-electron chi connectivity index (χ4n) is 1.05. The molecule has 0 bridgehead atoms. The topological polar surface area (TPSA) is 53.0 Å². The molecular weight excluding hydrogens is 230 g/mol. The Kier molecular flexibility index (Phi) is 4.81. The number of hydrogen-bond donors (Lipinski definition) is 0. The van der Waals surface area contributed by atoms with Crippen LogP contribution in [-0.4, -0.2) is 11.0 Å². The standard InChI is InChI=1S/C10H10F3NO2.Li/c1-9(2,8(15)16)7-5-6(3-4-14-7)10(11,12)13;/h3-5H,1-2H3,(H,15,16);/q;+1/p-1. The molecule has 0 atom stereocenters. The minimum absolute atomic E-state index is 0. The predicted molar refractivity (Wildman–Crippen MR) is 47.3 cm³/mol. The van der Waals surface area contributed by atoms with Crippen LogP contribution in [0.5, 0.6) is 0 Å². The van der Waals surface area contributed by atoms with Gasteiger partial charge in [-0.3, -0.25) is 4.98 Å². The Hall–Kier alpha value is -0.993. The van der Waals surface area contributed by atoms with E-state index < -0.39 is 23.1 Å². The maximum atomic E-state index is 12.4. The molecule has 0 fully saturated rings. The third-order valence-corrected chi connectivity index (χ3v) is 2.24. The van der Waals surface area contributed by atoms with E-state index in [1.807, 2.05) is 0 Å². The molecule has 0 radical (unpaired) electrons. The van der Waals surface area contributed by atoms with Crippen molar-refractivity contribution in [3.63, 3.8) is 0 Å². The van der Waals surface area contributed by atoms with Gasteiger partial charge in [-0.25, -0.2) is 0 Å². The summed E-state index contributed by atoms with van der Waals surface area (Å²) in [5, 5.41) is 10.8. The SMILES string of the molecule is CC(C)(C(=O)[O-])c1cc(C(F)(F)F)ccn1.[Li+]. The summed E-state index contributed by atoms with van der Waals surface area (Å²) in [6.07, 6.45) is -3.58. The van der Waals surface area contributed by atoms with Crippen LogP contribution in [0.15, 0.2) is 18.3 Å². The number of hydrogen-bond acceptors (Lipinski definition) is 3. The van der Waals surface area contributed by atoms with E-state index in [0.717, 1.165) is 18.3 Å². The molecule has 0 saturated heterocycles. The summed E-state index contributed by atoms with van der Waals surface area (Å²) in [7, 11) is 0. The van der Waals surface area contributed by atoms with Crippen molar-refractivity contribution in [3.8, 4) is 0 Å². The normalized spacial score (nSPS) is 11.8. The molecule has 0 spiro atoms. The van der Waals surface area contributed by atoms with Crippen molar-refractivity contribution in [2.75, 3.05) is 0 Å². The van der Waals surface area contributed by atoms with Crippen LogP contribution in [0.25, 0.3) is 0 Å². The molecule has 3 nitrogen and oxygen atoms in total. The molecule has 7 heteroatoms. The zero-order valence-corrected chi connectivity index (χ0v) is 9.63. The second-order valence-electron chi connectivity index (χ2n) is 3.84. The van der Waals surface area contributed by atoms with Gasteiger partial charge in [0.1, 0.15) is 0 Å². The first kappa shape index (κ1) is 16.0. The van der Waals surface area contributed by atoms with Crippen molar-refractivity contribution >= 4 is 5.97 Å². The Bertz CT molecular complexity index is 418. The molecule has 1 rings (SSSR count). The van der Waals surface area contributed by atoms with E-state index in [1.165, 1.54) is 13.8 Å². The number of carbonyl (C=O) groups excluding carboxylic acids is 1. The summed E-state index contributed by atoms with van der Waals surface area (Å²) in [6, 6.07) is 1.50. The zero-order valence-electron chi connectivity index (χ0n) is 9.63. The molecular formula is C10H9F3LiNO2. The van der Waals surface area contributed by atoms with E-state index in [4.69, 9.17) is 0 Å². The van der Waals surface area contributed by atoms with E-state index in [0.29, 0.717) is 0 Å². The van der Waals surface area contributed by atoms with Gasteiger partial charge in [0.05, 0.1) is 17.2 Å². The molecule has 0 aliphatic heterocycles. The van der Waals surface area contributed by atoms with Crippen molar-refractivity contribution in [1.82, 2.24) is 4.98 Å². The van der Waals surface area contributed by atoms with Gasteiger partial charge in [0.25, 0.3) is 0 Å². The van der Waals surface area contributed by atoms with Gasteiger partial charge in [-0.05, 0) is 26.0 Å². The van der Waals surface area contributed by atoms with E-state index in [-0.39, 0.29) is 24.6 Å². The van der Waals surface area contributed by atoms with Crippen LogP contribution in [0.2, 0.25) is 0 Å². The molecule has 0 N–H and O–H groups in total. The molecule has 0 aliphatic rings. The Morgan fingerprint density at radius 2 is 1.88 bits per heavy atom. The number of halogens is 3. The smallest absolute Gasteiger partial charge is 0.549 e. The number of aliphatic carboxylic acids is 1. The van der Waals surface area contributed by atoms with Gasteiger partial charge in [-0.2, -0.15) is 13.2 Å². The molecule has 0 aromatic carbocycles. The summed E-state index contributed by atoms with van der Waals surface area (Å²) in [6.45, 7) is 2.48. The van der Waals surface area contributed by atoms with E-state index in [9.17, 15) is 23.1 Å². The van der Waals surface area contributed by atoms with Crippen molar-refractivity contribution in [1.29, 1.82) is 0 Å². The summed E-state index contributed by atoms with van der Waals surface area (Å²) in [4.78, 5) is 14.4. The van der Waals surface area contributed by atoms with Crippen LogP contribution in [0, 0.1) is 0 Å². The van der Waals surface area contributed by atoms with Crippen molar-refractivity contribution in [2.45, 2.75) is 25.4 Å². The zero-order chi connectivity index (χ0) is 12.6. The van der Waals surface area contributed by atoms with Crippen LogP contribution in [0.1, 0.15) is 25.1 Å². The van der Waals surface area contributed by atoms with Gasteiger partial charge in [0.15, 0.2) is 0 Å². The Balaban J connectivity index is 0.00000256. The molecule has 1 aromatic heterocycles. The van der Waals surface area contributed by atoms with E-state index >= 15 is 0 Å². The summed E-state index contributed by atoms with van der Waals surface area (Å²) < 4.78 is 37.1. The minimum atomic E-state index is -4.51. The summed E-state index contributed by atoms with van der Waals surface area (Å²) >= 11 is 0. The fraction of sp³-hybridized carbons (Fsp3) is 0.400. The third kappa shape index (κ3) is 3.48. The summed E-state index contributed by atoms with van der Waals surface area (Å²) in [5.41, 5.74) is -2.66. The van der Waals surface area contributed by atoms with Gasteiger partial charge in [-0.1, -0.05) is 0 Å². The number of aromatic nitrogens is 1. The number of carboxylic acids is 1. The molecule has 1 aromatic rings. The number of alkyl halides is 3. The van der Waals surface area contributed by atoms with E-state index in [1.54, 1.807) is 0 Å². The number of carboxylic acid groups (broad SMARTS) is 1. The second-order valence-corrected chi connectivity index (χ2v) is 3.84. The first-order valence-corrected chi connectivity index (χ1v) is 4.41. The van der Waals surface area contributed by atoms with Crippen molar-refractivity contribution in [3.05, 3.63) is 29.6 Å². The molecule has 1 heterocycles. The van der Waals surface area contributed by atoms with Crippen LogP contribution < -0.4 is 24.0 Å². The van der Waals surface area contributed by atoms with E-state index in [2.05, 4.69) is 4.98 Å². The van der Waals surface area contributed by atoms with Gasteiger partial charge >= 0.3 is 25.0 Å². The second kappa shape index (κ2) is 5.11. The molecule has 0 unspecified atom stereocenters. The number of pyridine rings is 1. The number of carbonyl (C=O) groups is 1. The molecule has 0 aliphatic carbocycles. The van der Waals surface area contributed by atoms with Gasteiger partial charge in [0.2, 0.25) is 0 Å². The van der Waals surface area contributed by atoms with Crippen molar-refractivity contribution < 1.29 is 41.9 Å². The van der Waals surface area contributed by atoms with Gasteiger partial charge < -0.3 is 9.90 Å². The van der Waals surface area contributed by atoms with Crippen LogP contribution in [0.4, 0.5) is 13.2 Å². The number of nitrogens with zero attached hydrogens (tertiary/aromatic N) is 1. The predicted octanol–water partition coefficient (Wildman–Crippen LogP) is -1.87. The summed E-state index contributed by atoms with van der Waals surface area (Å²) in [5.74, 6) is -1.47. The van der Waals surface area contributed by atoms with Crippen LogP contribution >= 0.6 is 0 Å². The average molecular weight is 239 g/mol. The Labute approximate surface area is 108 Å². The quantitative estimate of drug-likeness (QED) is 0.568. The fourth-order valence-corrected chi connectivity index (χ4v) is 1.05. The van der Waals surface area contributed by atoms with Gasteiger partial charge in [-0.15, -0.1) is 0 Å². The average Bonchev–Trinajstić information content (AvgIpc) is 2.16. The first-order chi connectivity index (χ1) is 7.15. The maximum Gasteiger partial charge on any atom is 1.00 e. The van der Waals surface area contributed by atoms with Crippen LogP contribution in [-0.2, 0) is 16.4 Å². The molecule has 0 saturated carbocycles. The maximum absolute atomic E-state index is 12.4. The van der Waals surface area contributed by atoms with Gasteiger partial charge in [0, 0.05) is 11.6 Å². The molecule has 0 amide bonds. The largest absolute Gasteiger partial charge is 1.00 e. The molecule has 17 heavy (non-hydrogen) atoms. The van der Waals surface area contributed by atoms with Crippen molar-refractivity contribution in [2.24, 2.45) is 0 Å². The monoisotopic (exact) mass is 239 g/mol. The molecule has 88 valence electrons. The third-order valence-electron chi connectivity index (χ3n) is 2.24. The van der Waals surface area contributed by atoms with Crippen LogP contribution in [0.3, 0.4) is 0 Å². The number of rotatable bonds is 2. The minimum Gasteiger partial charge on any atom is -0.549 e.